The normalized spacial score (nSPS) is 11.0. The Morgan fingerprint density at radius 3 is 2.80 bits per heavy atom. The number of aliphatic carboxylic acids is 1. The van der Waals surface area contributed by atoms with Crippen molar-refractivity contribution in [2.24, 2.45) is 5.73 Å². The lowest BCUT2D eigenvalue weighted by atomic mass is 10.0. The zero-order chi connectivity index (χ0) is 21.1. The van der Waals surface area contributed by atoms with Gasteiger partial charge in [0, 0.05) is 34.8 Å². The van der Waals surface area contributed by atoms with Crippen LogP contribution in [0.5, 0.6) is 5.75 Å². The monoisotopic (exact) mass is 406 g/mol. The van der Waals surface area contributed by atoms with Gasteiger partial charge in [-0.05, 0) is 29.8 Å². The molecule has 0 bridgehead atoms. The number of pyridine rings is 1. The minimum Gasteiger partial charge on any atom is -0.488 e. The highest BCUT2D eigenvalue weighted by atomic mass is 19.1. The van der Waals surface area contributed by atoms with E-state index >= 15 is 0 Å². The Labute approximate surface area is 171 Å². The summed E-state index contributed by atoms with van der Waals surface area (Å²) in [5.41, 5.74) is 8.85. The predicted octanol–water partition coefficient (Wildman–Crippen LogP) is 4.30. The minimum atomic E-state index is -0.930. The molecule has 0 saturated carbocycles. The second-order valence-corrected chi connectivity index (χ2v) is 6.76. The summed E-state index contributed by atoms with van der Waals surface area (Å²) in [5.74, 6) is -0.873. The average molecular weight is 406 g/mol. The number of carboxylic acids is 1. The molecule has 2 heterocycles. The molecular formula is C23H19FN2O4. The van der Waals surface area contributed by atoms with Gasteiger partial charge in [-0.2, -0.15) is 0 Å². The van der Waals surface area contributed by atoms with Gasteiger partial charge < -0.3 is 20.0 Å². The summed E-state index contributed by atoms with van der Waals surface area (Å²) in [6.07, 6.45) is 2.99. The molecule has 0 saturated heterocycles. The lowest BCUT2D eigenvalue weighted by Crippen LogP contribution is -2.04. The number of hydrogen-bond donors (Lipinski definition) is 2. The van der Waals surface area contributed by atoms with Crippen molar-refractivity contribution < 1.29 is 23.4 Å². The molecule has 2 aromatic heterocycles. The molecule has 0 spiro atoms. The van der Waals surface area contributed by atoms with Crippen molar-refractivity contribution in [1.29, 1.82) is 0 Å². The van der Waals surface area contributed by atoms with Crippen LogP contribution in [-0.4, -0.2) is 16.1 Å². The molecule has 152 valence electrons. The number of rotatable bonds is 7. The van der Waals surface area contributed by atoms with Crippen LogP contribution in [0, 0.1) is 5.82 Å². The number of furan rings is 1. The van der Waals surface area contributed by atoms with Crippen LogP contribution in [0.4, 0.5) is 4.39 Å². The van der Waals surface area contributed by atoms with Crippen molar-refractivity contribution >= 4 is 16.9 Å². The summed E-state index contributed by atoms with van der Waals surface area (Å²) in [7, 11) is 0. The van der Waals surface area contributed by atoms with Crippen molar-refractivity contribution in [3.8, 4) is 16.9 Å². The van der Waals surface area contributed by atoms with Crippen molar-refractivity contribution in [2.45, 2.75) is 19.6 Å². The molecule has 0 aliphatic carbocycles. The van der Waals surface area contributed by atoms with Crippen LogP contribution >= 0.6 is 0 Å². The molecule has 6 nitrogen and oxygen atoms in total. The summed E-state index contributed by atoms with van der Waals surface area (Å²) in [6.45, 7) is 0.197. The highest BCUT2D eigenvalue weighted by Crippen LogP contribution is 2.31. The number of nitrogens with zero attached hydrogens (tertiary/aromatic N) is 1. The molecule has 0 amide bonds. The van der Waals surface area contributed by atoms with Gasteiger partial charge >= 0.3 is 5.97 Å². The van der Waals surface area contributed by atoms with E-state index in [9.17, 15) is 9.18 Å². The Hall–Kier alpha value is -3.71. The van der Waals surface area contributed by atoms with Gasteiger partial charge in [0.05, 0.1) is 18.4 Å². The quantitative estimate of drug-likeness (QED) is 0.475. The summed E-state index contributed by atoms with van der Waals surface area (Å²) in [5, 5.41) is 9.86. The number of nitrogens with two attached hydrogens (primary N) is 1. The molecule has 2 aromatic carbocycles. The fourth-order valence-corrected chi connectivity index (χ4v) is 3.32. The van der Waals surface area contributed by atoms with E-state index < -0.39 is 11.8 Å². The second-order valence-electron chi connectivity index (χ2n) is 6.76. The van der Waals surface area contributed by atoms with Gasteiger partial charge in [0.25, 0.3) is 0 Å². The first-order valence-corrected chi connectivity index (χ1v) is 9.33. The molecule has 3 N–H and O–H groups in total. The molecular weight excluding hydrogens is 387 g/mol. The maximum absolute atomic E-state index is 14.7. The molecule has 0 aliphatic rings. The van der Waals surface area contributed by atoms with Crippen LogP contribution in [0.2, 0.25) is 0 Å². The molecule has 7 heteroatoms. The first-order chi connectivity index (χ1) is 14.6. The van der Waals surface area contributed by atoms with Crippen LogP contribution in [-0.2, 0) is 24.4 Å². The van der Waals surface area contributed by atoms with E-state index in [1.54, 1.807) is 48.7 Å². The third-order valence-electron chi connectivity index (χ3n) is 4.82. The van der Waals surface area contributed by atoms with Gasteiger partial charge in [0.1, 0.15) is 17.9 Å². The van der Waals surface area contributed by atoms with E-state index in [2.05, 4.69) is 4.98 Å². The molecule has 30 heavy (non-hydrogen) atoms. The van der Waals surface area contributed by atoms with Crippen molar-refractivity contribution in [1.82, 2.24) is 4.98 Å². The van der Waals surface area contributed by atoms with E-state index in [-0.39, 0.29) is 25.3 Å². The van der Waals surface area contributed by atoms with Gasteiger partial charge in [0.15, 0.2) is 5.82 Å². The molecule has 0 fully saturated rings. The molecule has 0 radical (unpaired) electrons. The van der Waals surface area contributed by atoms with Gasteiger partial charge in [-0.1, -0.05) is 24.3 Å². The maximum atomic E-state index is 14.7. The van der Waals surface area contributed by atoms with Crippen LogP contribution in [0.15, 0.2) is 65.4 Å². The number of carboxylic acid groups (broad SMARTS) is 1. The topological polar surface area (TPSA) is 98.6 Å². The molecule has 0 unspecified atom stereocenters. The number of hydrogen-bond acceptors (Lipinski definition) is 5. The first-order valence-electron chi connectivity index (χ1n) is 9.33. The number of aromatic nitrogens is 1. The van der Waals surface area contributed by atoms with Crippen LogP contribution in [0.1, 0.15) is 16.8 Å². The Morgan fingerprint density at radius 1 is 1.17 bits per heavy atom. The smallest absolute Gasteiger partial charge is 0.307 e. The van der Waals surface area contributed by atoms with Crippen molar-refractivity contribution in [3.63, 3.8) is 0 Å². The minimum absolute atomic E-state index is 0.0163. The fraction of sp³-hybridized carbons (Fsp3) is 0.130. The van der Waals surface area contributed by atoms with E-state index in [0.717, 1.165) is 10.9 Å². The summed E-state index contributed by atoms with van der Waals surface area (Å²) < 4.78 is 26.1. The zero-order valence-corrected chi connectivity index (χ0v) is 16.0. The largest absolute Gasteiger partial charge is 0.488 e. The molecule has 4 aromatic rings. The van der Waals surface area contributed by atoms with E-state index in [4.69, 9.17) is 20.0 Å². The third-order valence-corrected chi connectivity index (χ3v) is 4.82. The second kappa shape index (κ2) is 8.34. The summed E-state index contributed by atoms with van der Waals surface area (Å²) >= 11 is 0. The SMILES string of the molecule is NCc1nccc(-c2ccc3occ(COc4ccccc4CC(=O)O)c3c2)c1F. The van der Waals surface area contributed by atoms with Gasteiger partial charge in [-0.15, -0.1) is 0 Å². The van der Waals surface area contributed by atoms with Gasteiger partial charge in [-0.3, -0.25) is 9.78 Å². The molecule has 0 atom stereocenters. The first kappa shape index (κ1) is 19.6. The van der Waals surface area contributed by atoms with Crippen molar-refractivity contribution in [2.75, 3.05) is 0 Å². The highest BCUT2D eigenvalue weighted by Gasteiger charge is 2.14. The Morgan fingerprint density at radius 2 is 2.00 bits per heavy atom. The van der Waals surface area contributed by atoms with Gasteiger partial charge in [-0.25, -0.2) is 4.39 Å². The number of para-hydroxylation sites is 1. The Kier molecular flexibility index (Phi) is 5.45. The predicted molar refractivity (Wildman–Crippen MR) is 109 cm³/mol. The Bertz CT molecular complexity index is 1220. The number of halogens is 1. The Balaban J connectivity index is 1.64. The van der Waals surface area contributed by atoms with Crippen molar-refractivity contribution in [3.05, 3.63) is 83.6 Å². The van der Waals surface area contributed by atoms with Gasteiger partial charge in [0.2, 0.25) is 0 Å². The maximum Gasteiger partial charge on any atom is 0.307 e. The molecule has 0 aliphatic heterocycles. The van der Waals surface area contributed by atoms with E-state index in [1.165, 1.54) is 6.20 Å². The summed E-state index contributed by atoms with van der Waals surface area (Å²) in [6, 6.07) is 14.0. The molecule has 4 rings (SSSR count). The third kappa shape index (κ3) is 3.88. The number of benzene rings is 2. The number of fused-ring (bicyclic) bond motifs is 1. The lowest BCUT2D eigenvalue weighted by Gasteiger charge is -2.10. The average Bonchev–Trinajstić information content (AvgIpc) is 3.15. The lowest BCUT2D eigenvalue weighted by molar-refractivity contribution is -0.136. The number of carbonyl (C=O) groups is 1. The van der Waals surface area contributed by atoms with Crippen LogP contribution in [0.25, 0.3) is 22.1 Å². The standard InChI is InChI=1S/C23H19FN2O4/c24-23-17(7-8-26-19(23)11-25)14-5-6-21-18(9-14)16(13-30-21)12-29-20-4-2-1-3-15(20)10-22(27)28/h1-9,13H,10-12,25H2,(H,27,28). The fourth-order valence-electron chi connectivity index (χ4n) is 3.32. The zero-order valence-electron chi connectivity index (χ0n) is 16.0. The highest BCUT2D eigenvalue weighted by molar-refractivity contribution is 5.86. The summed E-state index contributed by atoms with van der Waals surface area (Å²) in [4.78, 5) is 15.0. The van der Waals surface area contributed by atoms with Crippen LogP contribution < -0.4 is 10.5 Å². The van der Waals surface area contributed by atoms with E-state index in [1.807, 2.05) is 6.07 Å². The van der Waals surface area contributed by atoms with Crippen LogP contribution in [0.3, 0.4) is 0 Å². The number of ether oxygens (including phenoxy) is 1. The van der Waals surface area contributed by atoms with E-state index in [0.29, 0.717) is 28.0 Å².